The van der Waals surface area contributed by atoms with E-state index in [1.165, 1.54) is 34.0 Å². The molecule has 0 bridgehead atoms. The van der Waals surface area contributed by atoms with E-state index >= 15 is 0 Å². The summed E-state index contributed by atoms with van der Waals surface area (Å²) in [6, 6.07) is 16.7. The summed E-state index contributed by atoms with van der Waals surface area (Å²) in [5.41, 5.74) is 7.86. The van der Waals surface area contributed by atoms with Crippen LogP contribution in [-0.4, -0.2) is 63.1 Å². The number of nitrogens with zero attached hydrogens (tertiary/aromatic N) is 4. The van der Waals surface area contributed by atoms with E-state index in [0.717, 1.165) is 61.6 Å². The number of benzene rings is 2. The summed E-state index contributed by atoms with van der Waals surface area (Å²) in [4.78, 5) is 19.1. The summed E-state index contributed by atoms with van der Waals surface area (Å²) in [7, 11) is 0. The first-order chi connectivity index (χ1) is 20.9. The van der Waals surface area contributed by atoms with Gasteiger partial charge in [-0.3, -0.25) is 4.90 Å². The molecule has 4 aromatic rings. The highest BCUT2D eigenvalue weighted by Crippen LogP contribution is 2.34. The molecule has 4 heterocycles. The Labute approximate surface area is 252 Å². The molecule has 2 aromatic heterocycles. The number of pyridine rings is 1. The van der Waals surface area contributed by atoms with Crippen LogP contribution in [0.4, 0.5) is 0 Å². The van der Waals surface area contributed by atoms with E-state index in [4.69, 9.17) is 19.2 Å². The van der Waals surface area contributed by atoms with Crippen molar-refractivity contribution in [3.05, 3.63) is 88.1 Å². The van der Waals surface area contributed by atoms with E-state index in [1.807, 2.05) is 37.3 Å². The molecule has 2 aromatic carbocycles. The smallest absolute Gasteiger partial charge is 0.342 e. The van der Waals surface area contributed by atoms with Crippen molar-refractivity contribution in [3.63, 3.8) is 0 Å². The second kappa shape index (κ2) is 12.6. The lowest BCUT2D eigenvalue weighted by molar-refractivity contribution is 0.0124. The molecule has 0 amide bonds. The quantitative estimate of drug-likeness (QED) is 0.266. The van der Waals surface area contributed by atoms with Crippen molar-refractivity contribution < 1.29 is 24.1 Å². The zero-order valence-corrected chi connectivity index (χ0v) is 25.0. The molecule has 2 aliphatic heterocycles. The molecule has 1 N–H and O–H groups in total. The molecule has 0 unspecified atom stereocenters. The van der Waals surface area contributed by atoms with Gasteiger partial charge in [0, 0.05) is 31.3 Å². The van der Waals surface area contributed by atoms with Crippen LogP contribution in [0.2, 0.25) is 0 Å². The number of carboxylic acids is 1. The Bertz CT molecular complexity index is 1630. The third-order valence-electron chi connectivity index (χ3n) is 8.37. The highest BCUT2D eigenvalue weighted by Gasteiger charge is 2.27. The van der Waals surface area contributed by atoms with Crippen LogP contribution in [0.5, 0.6) is 11.6 Å². The van der Waals surface area contributed by atoms with Crippen molar-refractivity contribution in [1.29, 1.82) is 0 Å². The molecule has 0 aliphatic carbocycles. The van der Waals surface area contributed by atoms with Crippen molar-refractivity contribution in [1.82, 2.24) is 19.7 Å². The lowest BCUT2D eigenvalue weighted by Gasteiger charge is -2.38. The average molecular weight is 583 g/mol. The average Bonchev–Trinajstić information content (AvgIpc) is 3.45. The molecular formula is C34H38N4O5. The lowest BCUT2D eigenvalue weighted by Crippen LogP contribution is -2.44. The van der Waals surface area contributed by atoms with Gasteiger partial charge in [-0.05, 0) is 86.1 Å². The molecule has 2 aliphatic rings. The van der Waals surface area contributed by atoms with Crippen molar-refractivity contribution in [2.75, 3.05) is 26.4 Å². The minimum Gasteiger partial charge on any atom is -0.488 e. The predicted octanol–water partition coefficient (Wildman–Crippen LogP) is 5.76. The fourth-order valence-corrected chi connectivity index (χ4v) is 6.19. The Morgan fingerprint density at radius 2 is 1.98 bits per heavy atom. The second-order valence-electron chi connectivity index (χ2n) is 11.3. The van der Waals surface area contributed by atoms with Crippen LogP contribution < -0.4 is 9.47 Å². The third-order valence-corrected chi connectivity index (χ3v) is 8.37. The fraction of sp³-hybridized carbons (Fsp3) is 0.382. The molecule has 0 spiro atoms. The molecule has 224 valence electrons. The Morgan fingerprint density at radius 1 is 1.12 bits per heavy atom. The van der Waals surface area contributed by atoms with Gasteiger partial charge in [-0.1, -0.05) is 30.3 Å². The molecule has 9 heteroatoms. The van der Waals surface area contributed by atoms with Gasteiger partial charge in [0.1, 0.15) is 17.9 Å². The number of para-hydroxylation sites is 1. The maximum Gasteiger partial charge on any atom is 0.342 e. The maximum atomic E-state index is 11.7. The van der Waals surface area contributed by atoms with Crippen LogP contribution in [0.25, 0.3) is 17.1 Å². The van der Waals surface area contributed by atoms with E-state index in [1.54, 1.807) is 13.0 Å². The van der Waals surface area contributed by atoms with Gasteiger partial charge in [-0.2, -0.15) is 9.78 Å². The van der Waals surface area contributed by atoms with E-state index in [9.17, 15) is 9.90 Å². The van der Waals surface area contributed by atoms with Crippen molar-refractivity contribution in [3.8, 4) is 28.7 Å². The fourth-order valence-electron chi connectivity index (χ4n) is 6.19. The van der Waals surface area contributed by atoms with Crippen LogP contribution in [0.3, 0.4) is 0 Å². The van der Waals surface area contributed by atoms with E-state index < -0.39 is 5.97 Å². The maximum absolute atomic E-state index is 11.7. The molecule has 9 nitrogen and oxygen atoms in total. The van der Waals surface area contributed by atoms with Gasteiger partial charge in [-0.15, -0.1) is 0 Å². The minimum atomic E-state index is -1.10. The zero-order chi connectivity index (χ0) is 29.9. The zero-order valence-electron chi connectivity index (χ0n) is 25.0. The van der Waals surface area contributed by atoms with Gasteiger partial charge in [0.15, 0.2) is 5.82 Å². The summed E-state index contributed by atoms with van der Waals surface area (Å²) in [5, 5.41) is 13.8. The SMILES string of the molecule is CCOc1c(C(=O)O)cnn1-c1cccc(-c2cccc(C)c2OCc2cc(C)c3c(c2)CCN([C@@H]2CCCOC2)C3)n1. The summed E-state index contributed by atoms with van der Waals surface area (Å²) in [6.07, 6.45) is 4.68. The van der Waals surface area contributed by atoms with Gasteiger partial charge >= 0.3 is 5.97 Å². The monoisotopic (exact) mass is 582 g/mol. The lowest BCUT2D eigenvalue weighted by atomic mass is 9.91. The van der Waals surface area contributed by atoms with Gasteiger partial charge in [0.2, 0.25) is 5.88 Å². The Kier molecular flexibility index (Phi) is 8.44. The molecule has 1 fully saturated rings. The summed E-state index contributed by atoms with van der Waals surface area (Å²) < 4.78 is 19.3. The van der Waals surface area contributed by atoms with Crippen molar-refractivity contribution >= 4 is 5.97 Å². The number of hydrogen-bond donors (Lipinski definition) is 1. The summed E-state index contributed by atoms with van der Waals surface area (Å²) in [5.74, 6) is 0.273. The highest BCUT2D eigenvalue weighted by molar-refractivity contribution is 5.90. The number of aromatic nitrogens is 3. The number of aromatic carboxylic acids is 1. The Hall–Kier alpha value is -4.21. The molecule has 1 saturated heterocycles. The standard InChI is InChI=1S/C34H38N4O5/c1-4-42-33-28(34(39)40)18-35-38(33)31-12-6-11-30(36-31)27-10-5-8-22(2)32(27)43-20-24-16-23(3)29-19-37(14-13-25(29)17-24)26-9-7-15-41-21-26/h5-6,8,10-12,16-18,26H,4,7,9,13-15,19-21H2,1-3H3,(H,39,40)/t26-/m1/s1. The molecule has 43 heavy (non-hydrogen) atoms. The minimum absolute atomic E-state index is 0.00955. The van der Waals surface area contributed by atoms with Crippen molar-refractivity contribution in [2.45, 2.75) is 59.2 Å². The second-order valence-corrected chi connectivity index (χ2v) is 11.3. The molecular weight excluding hydrogens is 544 g/mol. The van der Waals surface area contributed by atoms with E-state index in [-0.39, 0.29) is 11.4 Å². The number of hydrogen-bond acceptors (Lipinski definition) is 7. The van der Waals surface area contributed by atoms with Crippen molar-refractivity contribution in [2.24, 2.45) is 0 Å². The third kappa shape index (κ3) is 6.00. The number of carboxylic acid groups (broad SMARTS) is 1. The molecule has 6 rings (SSSR count). The first-order valence-electron chi connectivity index (χ1n) is 15.0. The summed E-state index contributed by atoms with van der Waals surface area (Å²) in [6.45, 7) is 10.6. The Morgan fingerprint density at radius 3 is 2.77 bits per heavy atom. The highest BCUT2D eigenvalue weighted by atomic mass is 16.5. The topological polar surface area (TPSA) is 98.9 Å². The van der Waals surface area contributed by atoms with Gasteiger partial charge in [-0.25, -0.2) is 9.78 Å². The van der Waals surface area contributed by atoms with E-state index in [0.29, 0.717) is 30.8 Å². The number of carbonyl (C=O) groups is 1. The number of fused-ring (bicyclic) bond motifs is 1. The van der Waals surface area contributed by atoms with Gasteiger partial charge < -0.3 is 19.3 Å². The molecule has 0 radical (unpaired) electrons. The van der Waals surface area contributed by atoms with Crippen LogP contribution in [-0.2, 0) is 24.3 Å². The van der Waals surface area contributed by atoms with Crippen LogP contribution in [0, 0.1) is 13.8 Å². The van der Waals surface area contributed by atoms with Crippen LogP contribution >= 0.6 is 0 Å². The van der Waals surface area contributed by atoms with Crippen LogP contribution in [0.1, 0.15) is 57.9 Å². The summed E-state index contributed by atoms with van der Waals surface area (Å²) >= 11 is 0. The first kappa shape index (κ1) is 28.9. The number of aryl methyl sites for hydroxylation is 2. The van der Waals surface area contributed by atoms with Gasteiger partial charge in [0.25, 0.3) is 0 Å². The first-order valence-corrected chi connectivity index (χ1v) is 15.0. The molecule has 1 atom stereocenters. The number of ether oxygens (including phenoxy) is 3. The predicted molar refractivity (Wildman–Crippen MR) is 163 cm³/mol. The van der Waals surface area contributed by atoms with Gasteiger partial charge in [0.05, 0.1) is 25.1 Å². The molecule has 0 saturated carbocycles. The van der Waals surface area contributed by atoms with Crippen LogP contribution in [0.15, 0.2) is 54.7 Å². The Balaban J connectivity index is 1.24. The largest absolute Gasteiger partial charge is 0.488 e. The van der Waals surface area contributed by atoms with E-state index in [2.05, 4.69) is 29.1 Å². The normalized spacial score (nSPS) is 17.0. The number of rotatable bonds is 9.